The standard InChI is InChI=1S/C27H23ClN2O7S2/c1-16-5-4-6-18(11-16)15-30-26(32)24(38-27(30)33)14-19-12-22(28)25(23(13-19)36-3)37-39(34,35)21-9-7-20(8-10-21)29-17(2)31/h4-14H,15H2,1-3H3,(H,29,31)/b24-14-. The molecule has 1 fully saturated rings. The maximum absolute atomic E-state index is 13.0. The van der Waals surface area contributed by atoms with Crippen molar-refractivity contribution in [3.05, 3.63) is 87.3 Å². The third-order valence-electron chi connectivity index (χ3n) is 5.50. The number of anilines is 1. The molecule has 0 aliphatic carbocycles. The van der Waals surface area contributed by atoms with Crippen LogP contribution in [0.2, 0.25) is 5.02 Å². The topological polar surface area (TPSA) is 119 Å². The Labute approximate surface area is 234 Å². The van der Waals surface area contributed by atoms with Gasteiger partial charge in [0.25, 0.3) is 11.1 Å². The predicted octanol–water partition coefficient (Wildman–Crippen LogP) is 5.62. The molecule has 0 bridgehead atoms. The number of methoxy groups -OCH3 is 1. The highest BCUT2D eigenvalue weighted by Crippen LogP contribution is 2.40. The zero-order valence-electron chi connectivity index (χ0n) is 21.1. The van der Waals surface area contributed by atoms with Gasteiger partial charge in [0.1, 0.15) is 4.90 Å². The molecule has 1 N–H and O–H groups in total. The second kappa shape index (κ2) is 11.5. The van der Waals surface area contributed by atoms with E-state index in [1.807, 2.05) is 31.2 Å². The molecule has 3 aromatic carbocycles. The summed E-state index contributed by atoms with van der Waals surface area (Å²) in [4.78, 5) is 37.9. The fraction of sp³-hybridized carbons (Fsp3) is 0.148. The van der Waals surface area contributed by atoms with Crippen LogP contribution in [0.15, 0.2) is 70.5 Å². The van der Waals surface area contributed by atoms with Gasteiger partial charge in [0.15, 0.2) is 5.75 Å². The van der Waals surface area contributed by atoms with Crippen molar-refractivity contribution in [1.29, 1.82) is 0 Å². The molecular formula is C27H23ClN2O7S2. The van der Waals surface area contributed by atoms with Gasteiger partial charge >= 0.3 is 10.1 Å². The second-order valence-corrected chi connectivity index (χ2v) is 11.5. The molecule has 3 aromatic rings. The molecule has 12 heteroatoms. The van der Waals surface area contributed by atoms with E-state index >= 15 is 0 Å². The average molecular weight is 587 g/mol. The van der Waals surface area contributed by atoms with E-state index in [0.29, 0.717) is 11.3 Å². The summed E-state index contributed by atoms with van der Waals surface area (Å²) in [5.74, 6) is -0.984. The fourth-order valence-corrected chi connectivity index (χ4v) is 5.85. The summed E-state index contributed by atoms with van der Waals surface area (Å²) in [6.07, 6.45) is 1.48. The lowest BCUT2D eigenvalue weighted by Gasteiger charge is -2.14. The minimum Gasteiger partial charge on any atom is -0.493 e. The lowest BCUT2D eigenvalue weighted by Crippen LogP contribution is -2.27. The molecule has 1 aliphatic rings. The van der Waals surface area contributed by atoms with Crippen LogP contribution >= 0.6 is 23.4 Å². The number of aryl methyl sites for hydroxylation is 1. The predicted molar refractivity (Wildman–Crippen MR) is 149 cm³/mol. The minimum absolute atomic E-state index is 0.00572. The van der Waals surface area contributed by atoms with Crippen molar-refractivity contribution in [3.63, 3.8) is 0 Å². The van der Waals surface area contributed by atoms with E-state index in [2.05, 4.69) is 5.32 Å². The number of rotatable bonds is 8. The first-order chi connectivity index (χ1) is 18.5. The number of benzene rings is 3. The fourth-order valence-electron chi connectivity index (χ4n) is 3.75. The van der Waals surface area contributed by atoms with Gasteiger partial charge in [-0.1, -0.05) is 41.4 Å². The molecule has 202 valence electrons. The van der Waals surface area contributed by atoms with E-state index in [9.17, 15) is 22.8 Å². The Morgan fingerprint density at radius 1 is 1.10 bits per heavy atom. The van der Waals surface area contributed by atoms with E-state index in [1.54, 1.807) is 0 Å². The highest BCUT2D eigenvalue weighted by atomic mass is 35.5. The molecule has 3 amide bonds. The van der Waals surface area contributed by atoms with Crippen LogP contribution in [0, 0.1) is 6.92 Å². The van der Waals surface area contributed by atoms with Crippen LogP contribution in [-0.4, -0.2) is 37.5 Å². The molecule has 0 unspecified atom stereocenters. The first-order valence-electron chi connectivity index (χ1n) is 11.5. The van der Waals surface area contributed by atoms with Gasteiger partial charge in [-0.2, -0.15) is 8.42 Å². The minimum atomic E-state index is -4.31. The van der Waals surface area contributed by atoms with Crippen LogP contribution in [-0.2, 0) is 26.3 Å². The number of amides is 3. The summed E-state index contributed by atoms with van der Waals surface area (Å²) in [6.45, 7) is 3.41. The monoisotopic (exact) mass is 586 g/mol. The second-order valence-electron chi connectivity index (χ2n) is 8.53. The number of ether oxygens (including phenoxy) is 1. The molecule has 0 aromatic heterocycles. The largest absolute Gasteiger partial charge is 0.493 e. The van der Waals surface area contributed by atoms with Crippen LogP contribution < -0.4 is 14.2 Å². The Balaban J connectivity index is 1.56. The van der Waals surface area contributed by atoms with Gasteiger partial charge in [0, 0.05) is 12.6 Å². The Morgan fingerprint density at radius 2 is 1.82 bits per heavy atom. The molecule has 1 aliphatic heterocycles. The molecule has 0 atom stereocenters. The molecule has 1 saturated heterocycles. The highest BCUT2D eigenvalue weighted by molar-refractivity contribution is 8.18. The van der Waals surface area contributed by atoms with E-state index in [0.717, 1.165) is 27.8 Å². The maximum atomic E-state index is 13.0. The lowest BCUT2D eigenvalue weighted by atomic mass is 10.1. The average Bonchev–Trinajstić information content (AvgIpc) is 3.12. The van der Waals surface area contributed by atoms with Crippen LogP contribution in [0.3, 0.4) is 0 Å². The van der Waals surface area contributed by atoms with E-state index in [-0.39, 0.29) is 38.8 Å². The quantitative estimate of drug-likeness (QED) is 0.267. The van der Waals surface area contributed by atoms with Crippen molar-refractivity contribution < 1.29 is 31.7 Å². The Kier molecular flexibility index (Phi) is 8.34. The molecule has 0 spiro atoms. The smallest absolute Gasteiger partial charge is 0.339 e. The van der Waals surface area contributed by atoms with Gasteiger partial charge in [0.2, 0.25) is 11.7 Å². The summed E-state index contributed by atoms with van der Waals surface area (Å²) >= 11 is 7.17. The molecule has 4 rings (SSSR count). The van der Waals surface area contributed by atoms with Crippen molar-refractivity contribution in [1.82, 2.24) is 4.90 Å². The molecule has 39 heavy (non-hydrogen) atoms. The molecule has 0 saturated carbocycles. The Morgan fingerprint density at radius 3 is 2.46 bits per heavy atom. The van der Waals surface area contributed by atoms with Crippen LogP contribution in [0.4, 0.5) is 10.5 Å². The number of hydrogen-bond acceptors (Lipinski definition) is 8. The molecule has 9 nitrogen and oxygen atoms in total. The number of halogens is 1. The Hall–Kier alpha value is -3.80. The first-order valence-corrected chi connectivity index (χ1v) is 14.1. The number of nitrogens with zero attached hydrogens (tertiary/aromatic N) is 1. The first kappa shape index (κ1) is 28.2. The van der Waals surface area contributed by atoms with Crippen molar-refractivity contribution in [3.8, 4) is 11.5 Å². The SMILES string of the molecule is COc1cc(/C=C2\SC(=O)N(Cc3cccc(C)c3)C2=O)cc(Cl)c1OS(=O)(=O)c1ccc(NC(C)=O)cc1. The van der Waals surface area contributed by atoms with Gasteiger partial charge in [-0.25, -0.2) is 0 Å². The number of thioether (sulfide) groups is 1. The molecular weight excluding hydrogens is 564 g/mol. The summed E-state index contributed by atoms with van der Waals surface area (Å²) in [5.41, 5.74) is 2.67. The number of imide groups is 1. The number of carbonyl (C=O) groups excluding carboxylic acids is 3. The maximum Gasteiger partial charge on any atom is 0.339 e. The van der Waals surface area contributed by atoms with E-state index in [4.69, 9.17) is 20.5 Å². The number of nitrogens with one attached hydrogen (secondary N) is 1. The van der Waals surface area contributed by atoms with Gasteiger partial charge < -0.3 is 14.2 Å². The Bertz CT molecular complexity index is 1600. The van der Waals surface area contributed by atoms with Crippen molar-refractivity contribution >= 4 is 62.3 Å². The summed E-state index contributed by atoms with van der Waals surface area (Å²) < 4.78 is 36.4. The van der Waals surface area contributed by atoms with Crippen molar-refractivity contribution in [2.75, 3.05) is 12.4 Å². The van der Waals surface area contributed by atoms with Crippen LogP contribution in [0.1, 0.15) is 23.6 Å². The third-order valence-corrected chi connectivity index (χ3v) is 7.93. The lowest BCUT2D eigenvalue weighted by molar-refractivity contribution is -0.123. The van der Waals surface area contributed by atoms with Gasteiger partial charge in [-0.05, 0) is 72.3 Å². The molecule has 0 radical (unpaired) electrons. The molecule has 1 heterocycles. The van der Waals surface area contributed by atoms with Gasteiger partial charge in [-0.15, -0.1) is 0 Å². The summed E-state index contributed by atoms with van der Waals surface area (Å²) in [5, 5.41) is 2.06. The normalized spacial score (nSPS) is 14.6. The summed E-state index contributed by atoms with van der Waals surface area (Å²) in [6, 6.07) is 15.8. The zero-order valence-corrected chi connectivity index (χ0v) is 23.4. The number of hydrogen-bond donors (Lipinski definition) is 1. The zero-order chi connectivity index (χ0) is 28.3. The van der Waals surface area contributed by atoms with Crippen LogP contribution in [0.25, 0.3) is 6.08 Å². The van der Waals surface area contributed by atoms with Crippen molar-refractivity contribution in [2.45, 2.75) is 25.3 Å². The highest BCUT2D eigenvalue weighted by Gasteiger charge is 2.35. The third kappa shape index (κ3) is 6.62. The van der Waals surface area contributed by atoms with E-state index in [1.165, 1.54) is 56.5 Å². The van der Waals surface area contributed by atoms with Gasteiger partial charge in [0.05, 0.1) is 23.6 Å². The van der Waals surface area contributed by atoms with Crippen LogP contribution in [0.5, 0.6) is 11.5 Å². The van der Waals surface area contributed by atoms with E-state index < -0.39 is 21.3 Å². The summed E-state index contributed by atoms with van der Waals surface area (Å²) in [7, 11) is -2.99. The van der Waals surface area contributed by atoms with Gasteiger partial charge in [-0.3, -0.25) is 19.3 Å². The number of carbonyl (C=O) groups is 3. The van der Waals surface area contributed by atoms with Crippen molar-refractivity contribution in [2.24, 2.45) is 0 Å².